The van der Waals surface area contributed by atoms with Crippen molar-refractivity contribution in [3.8, 4) is 0 Å². The lowest BCUT2D eigenvalue weighted by molar-refractivity contribution is -0.118. The Labute approximate surface area is 295 Å². The van der Waals surface area contributed by atoms with E-state index in [2.05, 4.69) is 34.0 Å². The van der Waals surface area contributed by atoms with Crippen LogP contribution >= 0.6 is 0 Å². The van der Waals surface area contributed by atoms with Crippen molar-refractivity contribution in [3.05, 3.63) is 124 Å². The molecule has 0 saturated carbocycles. The zero-order chi connectivity index (χ0) is 35.9. The number of ketones is 1. The molecule has 3 N–H and O–H groups in total. The van der Waals surface area contributed by atoms with Gasteiger partial charge in [0.25, 0.3) is 0 Å². The van der Waals surface area contributed by atoms with E-state index in [-0.39, 0.29) is 34.5 Å². The molecule has 0 bridgehead atoms. The molecule has 2 aliphatic carbocycles. The van der Waals surface area contributed by atoms with Crippen molar-refractivity contribution in [2.45, 2.75) is 67.2 Å². The Morgan fingerprint density at radius 3 is 1.82 bits per heavy atom. The third kappa shape index (κ3) is 7.86. The minimum absolute atomic E-state index is 0.109. The van der Waals surface area contributed by atoms with Gasteiger partial charge in [-0.25, -0.2) is 0 Å². The molecule has 3 aromatic rings. The van der Waals surface area contributed by atoms with Gasteiger partial charge in [0.2, 0.25) is 34.7 Å². The van der Waals surface area contributed by atoms with Gasteiger partial charge in [-0.3, -0.25) is 14.4 Å². The van der Waals surface area contributed by atoms with Crippen LogP contribution in [0.3, 0.4) is 0 Å². The number of unbranched alkanes of at least 4 members (excludes halogenated alkanes) is 2. The molecule has 0 saturated heterocycles. The molecule has 0 fully saturated rings. The molecule has 0 aliphatic heterocycles. The third-order valence-electron chi connectivity index (χ3n) is 8.86. The number of nitrogens with one attached hydrogen (secondary N) is 2. The number of hydrogen-bond donors (Lipinski definition) is 3. The van der Waals surface area contributed by atoms with E-state index < -0.39 is 0 Å². The predicted molar refractivity (Wildman–Crippen MR) is 204 cm³/mol. The number of rotatable bonds is 12. The van der Waals surface area contributed by atoms with E-state index >= 15 is 0 Å². The highest BCUT2D eigenvalue weighted by Crippen LogP contribution is 2.43. The molecular formula is C42H47N4O4+. The summed E-state index contributed by atoms with van der Waals surface area (Å²) in [7, 11) is 0. The smallest absolute Gasteiger partial charge is 0.221 e. The second-order valence-corrected chi connectivity index (χ2v) is 13.0. The summed E-state index contributed by atoms with van der Waals surface area (Å²) in [6.07, 6.45) is 9.65. The zero-order valence-electron chi connectivity index (χ0n) is 29.9. The number of hydrogen-bond acceptors (Lipinski definition) is 5. The fourth-order valence-electron chi connectivity index (χ4n) is 6.23. The highest BCUT2D eigenvalue weighted by Gasteiger charge is 2.39. The summed E-state index contributed by atoms with van der Waals surface area (Å²) < 4.78 is 2.08. The van der Waals surface area contributed by atoms with Gasteiger partial charge < -0.3 is 20.6 Å². The van der Waals surface area contributed by atoms with Crippen molar-refractivity contribution >= 4 is 51.6 Å². The maximum Gasteiger partial charge on any atom is 0.221 e. The Balaban J connectivity index is 1.62. The fraction of sp³-hybridized carbons (Fsp3) is 0.286. The van der Waals surface area contributed by atoms with Crippen LogP contribution in [0.25, 0.3) is 5.57 Å². The lowest BCUT2D eigenvalue weighted by Gasteiger charge is -2.29. The van der Waals surface area contributed by atoms with Crippen molar-refractivity contribution in [1.82, 2.24) is 9.89 Å². The predicted octanol–water partition coefficient (Wildman–Crippen LogP) is 8.38. The van der Waals surface area contributed by atoms with E-state index in [1.54, 1.807) is 12.1 Å². The molecule has 3 aromatic carbocycles. The van der Waals surface area contributed by atoms with Crippen LogP contribution in [0.4, 0.5) is 22.7 Å². The van der Waals surface area contributed by atoms with Crippen molar-refractivity contribution in [2.24, 2.45) is 0 Å². The van der Waals surface area contributed by atoms with Crippen LogP contribution in [0, 0.1) is 13.8 Å². The van der Waals surface area contributed by atoms with Gasteiger partial charge in [-0.1, -0.05) is 62.1 Å². The lowest BCUT2D eigenvalue weighted by Crippen LogP contribution is -2.30. The van der Waals surface area contributed by atoms with Crippen LogP contribution < -0.4 is 20.1 Å². The van der Waals surface area contributed by atoms with E-state index in [0.717, 1.165) is 72.7 Å². The van der Waals surface area contributed by atoms with E-state index in [1.165, 1.54) is 13.8 Å². The standard InChI is InChI=1S/C42H46N4O4/c1-7-9-23-45(24-10-8-2)33-19-21-35(37(25-33)43-29(5)47)39-41(49)40(42(39)50)36-22-20-34(26-38(36)44-30(6)48)46(31-15-11-27(3)12-16-31)32-17-13-28(4)14-18-32/h11-22,25-26H,7-10,23-24H2,1-6H3,(H2,43,44,47,48,49,50)/p+1. The quantitative estimate of drug-likeness (QED) is 0.133. The Bertz CT molecular complexity index is 1910. The van der Waals surface area contributed by atoms with Crippen LogP contribution in [0.5, 0.6) is 0 Å². The second-order valence-electron chi connectivity index (χ2n) is 13.0. The number of aliphatic hydroxyl groups excluding tert-OH is 1. The Morgan fingerprint density at radius 1 is 0.760 bits per heavy atom. The van der Waals surface area contributed by atoms with Gasteiger partial charge in [0, 0.05) is 80.2 Å². The molecule has 2 amide bonds. The monoisotopic (exact) mass is 671 g/mol. The minimum atomic E-state index is -0.371. The first-order valence-electron chi connectivity index (χ1n) is 17.4. The van der Waals surface area contributed by atoms with Crippen LogP contribution in [-0.2, 0) is 14.4 Å². The number of carbonyl (C=O) groups excluding carboxylic acids is 3. The number of nitrogens with zero attached hydrogens (tertiary/aromatic N) is 2. The molecule has 5 rings (SSSR count). The van der Waals surface area contributed by atoms with Gasteiger partial charge in [-0.05, 0) is 51.0 Å². The zero-order valence-corrected chi connectivity index (χ0v) is 29.9. The van der Waals surface area contributed by atoms with E-state index in [4.69, 9.17) is 0 Å². The number of amides is 2. The van der Waals surface area contributed by atoms with Gasteiger partial charge in [0.15, 0.2) is 0 Å². The Kier molecular flexibility index (Phi) is 11.3. The van der Waals surface area contributed by atoms with E-state index in [1.807, 2.05) is 86.7 Å². The molecule has 0 atom stereocenters. The first-order chi connectivity index (χ1) is 24.0. The van der Waals surface area contributed by atoms with Crippen LogP contribution in [0.15, 0.2) is 108 Å². The van der Waals surface area contributed by atoms with Crippen molar-refractivity contribution < 1.29 is 19.5 Å². The first-order valence-corrected chi connectivity index (χ1v) is 17.4. The van der Waals surface area contributed by atoms with Gasteiger partial charge >= 0.3 is 0 Å². The molecule has 0 heterocycles. The molecule has 258 valence electrons. The van der Waals surface area contributed by atoms with Gasteiger partial charge in [0.1, 0.15) is 5.76 Å². The summed E-state index contributed by atoms with van der Waals surface area (Å²) in [6, 6.07) is 22.0. The van der Waals surface area contributed by atoms with Crippen molar-refractivity contribution in [1.29, 1.82) is 0 Å². The number of carbonyl (C=O) groups is 3. The normalized spacial score (nSPS) is 15.4. The highest BCUT2D eigenvalue weighted by atomic mass is 16.3. The summed E-state index contributed by atoms with van der Waals surface area (Å²) in [5.41, 5.74) is 7.78. The Hall–Kier alpha value is -5.50. The second kappa shape index (κ2) is 15.8. The molecule has 0 radical (unpaired) electrons. The van der Waals surface area contributed by atoms with Crippen molar-refractivity contribution in [2.75, 3.05) is 23.3 Å². The summed E-state index contributed by atoms with van der Waals surface area (Å²) in [5, 5.41) is 17.3. The summed E-state index contributed by atoms with van der Waals surface area (Å²) in [4.78, 5) is 41.0. The largest absolute Gasteiger partial charge is 0.506 e. The number of allylic oxidation sites excluding steroid dienone is 5. The average molecular weight is 672 g/mol. The average Bonchev–Trinajstić information content (AvgIpc) is 3.08. The fourth-order valence-corrected chi connectivity index (χ4v) is 6.23. The first kappa shape index (κ1) is 35.8. The molecule has 0 spiro atoms. The van der Waals surface area contributed by atoms with Crippen LogP contribution in [0.2, 0.25) is 0 Å². The number of aryl methyl sites for hydroxylation is 2. The van der Waals surface area contributed by atoms with Gasteiger partial charge in [-0.15, -0.1) is 0 Å². The minimum Gasteiger partial charge on any atom is -0.506 e. The summed E-state index contributed by atoms with van der Waals surface area (Å²) >= 11 is 0. The van der Waals surface area contributed by atoms with E-state index in [0.29, 0.717) is 22.5 Å². The number of anilines is 2. The maximum absolute atomic E-state index is 14.0. The number of aliphatic hydroxyl groups is 1. The lowest BCUT2D eigenvalue weighted by atomic mass is 9.78. The Morgan fingerprint density at radius 2 is 1.32 bits per heavy atom. The summed E-state index contributed by atoms with van der Waals surface area (Å²) in [5.74, 6) is -1.14. The van der Waals surface area contributed by atoms with Crippen LogP contribution in [-0.4, -0.2) is 41.5 Å². The van der Waals surface area contributed by atoms with E-state index in [9.17, 15) is 19.5 Å². The maximum atomic E-state index is 14.0. The molecule has 0 aromatic heterocycles. The molecule has 8 nitrogen and oxygen atoms in total. The molecule has 2 aliphatic rings. The van der Waals surface area contributed by atoms with Crippen LogP contribution in [0.1, 0.15) is 70.1 Å². The van der Waals surface area contributed by atoms with Gasteiger partial charge in [-0.2, -0.15) is 4.58 Å². The molecule has 50 heavy (non-hydrogen) atoms. The SMILES string of the molecule is CCCCN(CCCC)c1ccc(C2=C(O)/C(=C3\C=CC(=[N+](c4ccc(C)cc4)c4ccc(C)cc4)C=C3NC(C)=O)C2=O)c(NC(C)=O)c1. The molecule has 8 heteroatoms. The summed E-state index contributed by atoms with van der Waals surface area (Å²) in [6.45, 7) is 13.0. The number of benzene rings is 3. The van der Waals surface area contributed by atoms with Gasteiger partial charge in [0.05, 0.1) is 22.5 Å². The highest BCUT2D eigenvalue weighted by molar-refractivity contribution is 6.40. The molecule has 0 unspecified atom stereocenters. The molecular weight excluding hydrogens is 624 g/mol. The number of Topliss-reactive ketones (excluding diaryl/α,β-unsaturated/α-hetero) is 1. The topological polar surface area (TPSA) is 102 Å². The third-order valence-corrected chi connectivity index (χ3v) is 8.86. The van der Waals surface area contributed by atoms with Crippen molar-refractivity contribution in [3.63, 3.8) is 0 Å².